The molecule has 2 N–H and O–H groups in total. The molecule has 0 spiro atoms. The molecule has 0 radical (unpaired) electrons. The number of ether oxygens (including phenoxy) is 1. The van der Waals surface area contributed by atoms with Gasteiger partial charge in [0.2, 0.25) is 5.78 Å². The molecule has 1 aliphatic carbocycles. The number of phenols is 2. The molecule has 104 valence electrons. The number of aromatic hydroxyl groups is 2. The minimum Gasteiger partial charge on any atom is -0.504 e. The van der Waals surface area contributed by atoms with Gasteiger partial charge in [0, 0.05) is 11.0 Å². The van der Waals surface area contributed by atoms with E-state index in [0.717, 1.165) is 0 Å². The molecule has 2 aliphatic rings. The molecule has 1 aromatic carbocycles. The lowest BCUT2D eigenvalue weighted by molar-refractivity contribution is 0.0720. The molecule has 5 heteroatoms. The van der Waals surface area contributed by atoms with E-state index in [4.69, 9.17) is 4.74 Å². The Labute approximate surface area is 115 Å². The minimum absolute atomic E-state index is 0.0131. The lowest BCUT2D eigenvalue weighted by atomic mass is 9.74. The largest absolute Gasteiger partial charge is 0.504 e. The number of phenolic OH excluding ortho intramolecular Hbond substituents is 2. The molecule has 1 atom stereocenters. The number of ketones is 2. The first-order valence-electron chi connectivity index (χ1n) is 6.32. The monoisotopic (exact) mass is 274 g/mol. The lowest BCUT2D eigenvalue weighted by Crippen LogP contribution is -2.29. The van der Waals surface area contributed by atoms with Crippen LogP contribution in [0.5, 0.6) is 11.5 Å². The van der Waals surface area contributed by atoms with E-state index in [1.165, 1.54) is 12.1 Å². The number of fused-ring (bicyclic) bond motifs is 1. The summed E-state index contributed by atoms with van der Waals surface area (Å²) < 4.78 is 5.53. The fraction of sp³-hybridized carbons (Fsp3) is 0.333. The third-order valence-corrected chi connectivity index (χ3v) is 4.24. The zero-order valence-corrected chi connectivity index (χ0v) is 11.4. The van der Waals surface area contributed by atoms with Crippen LogP contribution in [-0.4, -0.2) is 27.9 Å². The summed E-state index contributed by atoms with van der Waals surface area (Å²) in [5.41, 5.74) is -0.311. The Bertz CT molecular complexity index is 696. The van der Waals surface area contributed by atoms with Crippen LogP contribution in [0, 0.1) is 5.41 Å². The fourth-order valence-electron chi connectivity index (χ4n) is 2.69. The van der Waals surface area contributed by atoms with Crippen molar-refractivity contribution in [2.24, 2.45) is 5.41 Å². The van der Waals surface area contributed by atoms with Gasteiger partial charge < -0.3 is 14.9 Å². The van der Waals surface area contributed by atoms with Crippen LogP contribution in [0.3, 0.4) is 0 Å². The van der Waals surface area contributed by atoms with Crippen LogP contribution >= 0.6 is 0 Å². The molecule has 1 heterocycles. The number of allylic oxidation sites excluding steroid dienone is 1. The normalized spacial score (nSPS) is 23.4. The summed E-state index contributed by atoms with van der Waals surface area (Å²) >= 11 is 0. The highest BCUT2D eigenvalue weighted by Crippen LogP contribution is 2.49. The Morgan fingerprint density at radius 2 is 1.80 bits per heavy atom. The molecule has 0 bridgehead atoms. The molecule has 0 saturated heterocycles. The van der Waals surface area contributed by atoms with Gasteiger partial charge in [-0.05, 0) is 19.1 Å². The molecule has 0 fully saturated rings. The second-order valence-electron chi connectivity index (χ2n) is 5.70. The third kappa shape index (κ3) is 1.32. The van der Waals surface area contributed by atoms with Crippen molar-refractivity contribution >= 4 is 11.6 Å². The topological polar surface area (TPSA) is 83.8 Å². The summed E-state index contributed by atoms with van der Waals surface area (Å²) in [6.45, 7) is 5.48. The molecular formula is C15H14O5. The van der Waals surface area contributed by atoms with E-state index in [0.29, 0.717) is 5.57 Å². The van der Waals surface area contributed by atoms with Crippen molar-refractivity contribution in [3.05, 3.63) is 34.6 Å². The van der Waals surface area contributed by atoms with Crippen molar-refractivity contribution in [3.63, 3.8) is 0 Å². The Balaban J connectivity index is 2.30. The number of Topliss-reactive ketones (excluding diaryl/α,β-unsaturated/α-hetero) is 2. The van der Waals surface area contributed by atoms with Gasteiger partial charge in [-0.25, -0.2) is 0 Å². The fourth-order valence-corrected chi connectivity index (χ4v) is 2.69. The van der Waals surface area contributed by atoms with E-state index in [-0.39, 0.29) is 28.8 Å². The number of rotatable bonds is 0. The van der Waals surface area contributed by atoms with Crippen LogP contribution in [0.2, 0.25) is 0 Å². The van der Waals surface area contributed by atoms with E-state index in [9.17, 15) is 19.8 Å². The van der Waals surface area contributed by atoms with Gasteiger partial charge in [0.25, 0.3) is 0 Å². The summed E-state index contributed by atoms with van der Waals surface area (Å²) in [7, 11) is 0. The van der Waals surface area contributed by atoms with E-state index < -0.39 is 22.7 Å². The average molecular weight is 274 g/mol. The SMILES string of the molecule is C[C@H]1OC2=C(C(=O)c3ccc(O)c(O)c3C2=O)C1(C)C. The molecule has 0 unspecified atom stereocenters. The second kappa shape index (κ2) is 3.62. The van der Waals surface area contributed by atoms with Gasteiger partial charge in [-0.1, -0.05) is 13.8 Å². The first-order valence-corrected chi connectivity index (χ1v) is 6.32. The molecule has 5 nitrogen and oxygen atoms in total. The van der Waals surface area contributed by atoms with Crippen molar-refractivity contribution in [2.75, 3.05) is 0 Å². The maximum absolute atomic E-state index is 12.6. The molecular weight excluding hydrogens is 260 g/mol. The van der Waals surface area contributed by atoms with Crippen molar-refractivity contribution in [3.8, 4) is 11.5 Å². The minimum atomic E-state index is -0.576. The van der Waals surface area contributed by atoms with Crippen LogP contribution in [0.1, 0.15) is 41.5 Å². The second-order valence-corrected chi connectivity index (χ2v) is 5.70. The number of carbonyl (C=O) groups is 2. The van der Waals surface area contributed by atoms with Gasteiger partial charge in [0.05, 0.1) is 11.1 Å². The van der Waals surface area contributed by atoms with Crippen molar-refractivity contribution in [1.29, 1.82) is 0 Å². The Morgan fingerprint density at radius 3 is 2.45 bits per heavy atom. The summed E-state index contributed by atoms with van der Waals surface area (Å²) in [5, 5.41) is 19.4. The lowest BCUT2D eigenvalue weighted by Gasteiger charge is -2.25. The van der Waals surface area contributed by atoms with Crippen LogP contribution < -0.4 is 0 Å². The maximum Gasteiger partial charge on any atom is 0.232 e. The maximum atomic E-state index is 12.6. The molecule has 20 heavy (non-hydrogen) atoms. The number of carbonyl (C=O) groups excluding carboxylic acids is 2. The zero-order valence-electron chi connectivity index (χ0n) is 11.4. The standard InChI is InChI=1S/C15H14O5/c1-6-15(2,3)10-11(17)7-4-5-8(16)12(18)9(7)13(19)14(10)20-6/h4-6,16,18H,1-3H3/t6-/m1/s1. The summed E-state index contributed by atoms with van der Waals surface area (Å²) in [4.78, 5) is 25.0. The number of hydrogen-bond acceptors (Lipinski definition) is 5. The van der Waals surface area contributed by atoms with Crippen LogP contribution in [0.25, 0.3) is 0 Å². The summed E-state index contributed by atoms with van der Waals surface area (Å²) in [5.74, 6) is -1.91. The molecule has 0 amide bonds. The highest BCUT2D eigenvalue weighted by Gasteiger charge is 2.50. The van der Waals surface area contributed by atoms with Gasteiger partial charge in [-0.15, -0.1) is 0 Å². The summed E-state index contributed by atoms with van der Waals surface area (Å²) in [6.07, 6.45) is -0.314. The van der Waals surface area contributed by atoms with Gasteiger partial charge in [-0.3, -0.25) is 9.59 Å². The first-order chi connectivity index (χ1) is 9.26. The highest BCUT2D eigenvalue weighted by molar-refractivity contribution is 6.28. The van der Waals surface area contributed by atoms with E-state index >= 15 is 0 Å². The average Bonchev–Trinajstić information content (AvgIpc) is 2.61. The Morgan fingerprint density at radius 1 is 1.15 bits per heavy atom. The van der Waals surface area contributed by atoms with Gasteiger partial charge in [-0.2, -0.15) is 0 Å². The zero-order chi connectivity index (χ0) is 14.8. The van der Waals surface area contributed by atoms with E-state index in [1.807, 2.05) is 13.8 Å². The summed E-state index contributed by atoms with van der Waals surface area (Å²) in [6, 6.07) is 2.56. The van der Waals surface area contributed by atoms with Crippen molar-refractivity contribution in [2.45, 2.75) is 26.9 Å². The van der Waals surface area contributed by atoms with Crippen molar-refractivity contribution < 1.29 is 24.5 Å². The highest BCUT2D eigenvalue weighted by atomic mass is 16.5. The quantitative estimate of drug-likeness (QED) is 0.708. The molecule has 0 aromatic heterocycles. The third-order valence-electron chi connectivity index (χ3n) is 4.24. The molecule has 0 saturated carbocycles. The van der Waals surface area contributed by atoms with Gasteiger partial charge in [0.1, 0.15) is 6.10 Å². The van der Waals surface area contributed by atoms with Crippen LogP contribution in [0.4, 0.5) is 0 Å². The van der Waals surface area contributed by atoms with Crippen molar-refractivity contribution in [1.82, 2.24) is 0 Å². The molecule has 1 aromatic rings. The van der Waals surface area contributed by atoms with Crippen LogP contribution in [-0.2, 0) is 4.74 Å². The Hall–Kier alpha value is -2.30. The first kappa shape index (κ1) is 12.7. The van der Waals surface area contributed by atoms with Gasteiger partial charge >= 0.3 is 0 Å². The predicted molar refractivity (Wildman–Crippen MR) is 69.8 cm³/mol. The number of hydrogen-bond donors (Lipinski definition) is 2. The predicted octanol–water partition coefficient (Wildman–Crippen LogP) is 2.18. The smallest absolute Gasteiger partial charge is 0.232 e. The van der Waals surface area contributed by atoms with Gasteiger partial charge in [0.15, 0.2) is 23.0 Å². The Kier molecular flexibility index (Phi) is 2.31. The van der Waals surface area contributed by atoms with Crippen LogP contribution in [0.15, 0.2) is 23.5 Å². The number of benzene rings is 1. The van der Waals surface area contributed by atoms with E-state index in [2.05, 4.69) is 0 Å². The molecule has 3 rings (SSSR count). The molecule has 1 aliphatic heterocycles. The van der Waals surface area contributed by atoms with E-state index in [1.54, 1.807) is 6.92 Å².